The van der Waals surface area contributed by atoms with Crippen LogP contribution in [-0.2, 0) is 11.3 Å². The summed E-state index contributed by atoms with van der Waals surface area (Å²) in [6.07, 6.45) is 1.56. The Morgan fingerprint density at radius 3 is 2.76 bits per heavy atom. The van der Waals surface area contributed by atoms with Gasteiger partial charge >= 0.3 is 0 Å². The zero-order chi connectivity index (χ0) is 15.0. The third-order valence-electron chi connectivity index (χ3n) is 4.35. The number of rotatable bonds is 3. The van der Waals surface area contributed by atoms with Gasteiger partial charge in [-0.15, -0.1) is 0 Å². The molecule has 21 heavy (non-hydrogen) atoms. The lowest BCUT2D eigenvalue weighted by Gasteiger charge is -2.38. The van der Waals surface area contributed by atoms with Crippen molar-refractivity contribution >= 4 is 11.6 Å². The Morgan fingerprint density at radius 2 is 2.10 bits per heavy atom. The third-order valence-corrected chi connectivity index (χ3v) is 4.35. The molecule has 0 aliphatic carbocycles. The number of carbonyl (C=O) groups excluding carboxylic acids is 1. The monoisotopic (exact) mass is 295 g/mol. The summed E-state index contributed by atoms with van der Waals surface area (Å²) < 4.78 is 28.7. The third kappa shape index (κ3) is 2.48. The summed E-state index contributed by atoms with van der Waals surface area (Å²) in [6, 6.07) is 2.58. The number of amides is 1. The van der Waals surface area contributed by atoms with Gasteiger partial charge in [0.25, 0.3) is 0 Å². The van der Waals surface area contributed by atoms with E-state index >= 15 is 0 Å². The molecule has 2 aliphatic heterocycles. The van der Waals surface area contributed by atoms with Crippen LogP contribution in [0.3, 0.4) is 0 Å². The highest BCUT2D eigenvalue weighted by atomic mass is 19.1. The molecule has 0 saturated carbocycles. The minimum atomic E-state index is -0.555. The zero-order valence-corrected chi connectivity index (χ0v) is 12.0. The highest BCUT2D eigenvalue weighted by Gasteiger charge is 2.42. The first-order chi connectivity index (χ1) is 10.1. The molecule has 114 valence electrons. The summed E-state index contributed by atoms with van der Waals surface area (Å²) >= 11 is 0. The Hall–Kier alpha value is -1.69. The van der Waals surface area contributed by atoms with E-state index in [0.29, 0.717) is 25.2 Å². The molecule has 1 aromatic rings. The summed E-state index contributed by atoms with van der Waals surface area (Å²) in [5.74, 6) is -1.27. The lowest BCUT2D eigenvalue weighted by atomic mass is 9.91. The van der Waals surface area contributed by atoms with E-state index in [0.717, 1.165) is 12.8 Å². The first-order valence-electron chi connectivity index (χ1n) is 7.28. The van der Waals surface area contributed by atoms with E-state index in [1.807, 2.05) is 0 Å². The second kappa shape index (κ2) is 5.60. The van der Waals surface area contributed by atoms with Crippen molar-refractivity contribution in [2.24, 2.45) is 5.92 Å². The number of nitrogens with zero attached hydrogens (tertiary/aromatic N) is 1. The molecule has 2 aliphatic rings. The van der Waals surface area contributed by atoms with Crippen molar-refractivity contribution in [3.05, 3.63) is 29.3 Å². The van der Waals surface area contributed by atoms with Crippen molar-refractivity contribution in [2.45, 2.75) is 25.4 Å². The molecule has 0 bridgehead atoms. The van der Waals surface area contributed by atoms with E-state index in [9.17, 15) is 13.6 Å². The van der Waals surface area contributed by atoms with Crippen LogP contribution in [0.4, 0.5) is 14.5 Å². The van der Waals surface area contributed by atoms with Crippen molar-refractivity contribution in [3.63, 3.8) is 0 Å². The smallest absolute Gasteiger partial charge is 0.225 e. The van der Waals surface area contributed by atoms with Crippen LogP contribution in [0.25, 0.3) is 0 Å². The minimum Gasteiger partial charge on any atom is -0.361 e. The predicted octanol–water partition coefficient (Wildman–Crippen LogP) is 1.40. The van der Waals surface area contributed by atoms with E-state index in [1.54, 1.807) is 11.9 Å². The summed E-state index contributed by atoms with van der Waals surface area (Å²) in [7, 11) is 1.73. The van der Waals surface area contributed by atoms with Gasteiger partial charge in [0.2, 0.25) is 5.91 Å². The van der Waals surface area contributed by atoms with E-state index < -0.39 is 11.6 Å². The average Bonchev–Trinajstić information content (AvgIpc) is 2.81. The van der Waals surface area contributed by atoms with Gasteiger partial charge in [0.1, 0.15) is 17.3 Å². The van der Waals surface area contributed by atoms with Crippen LogP contribution in [-0.4, -0.2) is 32.1 Å². The predicted molar refractivity (Wildman–Crippen MR) is 76.0 cm³/mol. The van der Waals surface area contributed by atoms with E-state index in [-0.39, 0.29) is 23.6 Å². The van der Waals surface area contributed by atoms with Crippen LogP contribution >= 0.6 is 0 Å². The van der Waals surface area contributed by atoms with Gasteiger partial charge in [0.15, 0.2) is 0 Å². The van der Waals surface area contributed by atoms with Crippen molar-refractivity contribution in [2.75, 3.05) is 25.0 Å². The van der Waals surface area contributed by atoms with Gasteiger partial charge < -0.3 is 15.5 Å². The number of fused-ring (bicyclic) bond motifs is 1. The molecule has 2 N–H and O–H groups in total. The van der Waals surface area contributed by atoms with Gasteiger partial charge in [-0.05, 0) is 37.6 Å². The van der Waals surface area contributed by atoms with Gasteiger partial charge in [-0.3, -0.25) is 4.79 Å². The van der Waals surface area contributed by atoms with E-state index in [2.05, 4.69) is 10.6 Å². The number of benzene rings is 1. The molecule has 6 heteroatoms. The fourth-order valence-corrected chi connectivity index (χ4v) is 3.43. The van der Waals surface area contributed by atoms with Gasteiger partial charge in [0, 0.05) is 19.6 Å². The molecular weight excluding hydrogens is 276 g/mol. The topological polar surface area (TPSA) is 44.4 Å². The molecule has 0 aromatic heterocycles. The van der Waals surface area contributed by atoms with Crippen LogP contribution in [0.5, 0.6) is 0 Å². The van der Waals surface area contributed by atoms with E-state index in [1.165, 1.54) is 12.1 Å². The average molecular weight is 295 g/mol. The van der Waals surface area contributed by atoms with Crippen LogP contribution < -0.4 is 15.5 Å². The number of hydrogen-bond donors (Lipinski definition) is 2. The molecule has 2 atom stereocenters. The Balaban J connectivity index is 1.94. The van der Waals surface area contributed by atoms with Crippen molar-refractivity contribution in [1.82, 2.24) is 10.6 Å². The number of carbonyl (C=O) groups is 1. The Bertz CT molecular complexity index is 541. The van der Waals surface area contributed by atoms with Gasteiger partial charge in [-0.25, -0.2) is 8.78 Å². The molecule has 2 saturated heterocycles. The highest BCUT2D eigenvalue weighted by molar-refractivity contribution is 5.83. The van der Waals surface area contributed by atoms with Crippen LogP contribution in [0.15, 0.2) is 12.1 Å². The van der Waals surface area contributed by atoms with Crippen molar-refractivity contribution in [1.29, 1.82) is 0 Å². The molecule has 3 rings (SSSR count). The van der Waals surface area contributed by atoms with Crippen molar-refractivity contribution < 1.29 is 13.6 Å². The lowest BCUT2D eigenvalue weighted by molar-refractivity contribution is -0.123. The number of halogens is 2. The Labute approximate surface area is 122 Å². The molecule has 2 heterocycles. The molecule has 2 unspecified atom stereocenters. The molecule has 4 nitrogen and oxygen atoms in total. The number of nitrogens with one attached hydrogen (secondary N) is 2. The van der Waals surface area contributed by atoms with E-state index in [4.69, 9.17) is 0 Å². The quantitative estimate of drug-likeness (QED) is 0.886. The molecule has 2 fully saturated rings. The van der Waals surface area contributed by atoms with Crippen LogP contribution in [0.2, 0.25) is 0 Å². The van der Waals surface area contributed by atoms with Gasteiger partial charge in [0.05, 0.1) is 12.0 Å². The summed E-state index contributed by atoms with van der Waals surface area (Å²) in [5, 5.41) is 5.68. The highest BCUT2D eigenvalue weighted by Crippen LogP contribution is 2.35. The number of hydrogen-bond acceptors (Lipinski definition) is 3. The van der Waals surface area contributed by atoms with Crippen LogP contribution in [0, 0.1) is 17.6 Å². The summed E-state index contributed by atoms with van der Waals surface area (Å²) in [6.45, 7) is 1.45. The lowest BCUT2D eigenvalue weighted by Crippen LogP contribution is -2.46. The first-order valence-corrected chi connectivity index (χ1v) is 7.28. The largest absolute Gasteiger partial charge is 0.361 e. The second-order valence-electron chi connectivity index (χ2n) is 5.69. The molecule has 1 amide bonds. The van der Waals surface area contributed by atoms with Crippen LogP contribution in [0.1, 0.15) is 18.4 Å². The second-order valence-corrected chi connectivity index (χ2v) is 5.69. The maximum absolute atomic E-state index is 14.4. The Morgan fingerprint density at radius 1 is 1.38 bits per heavy atom. The minimum absolute atomic E-state index is 0.000975. The maximum Gasteiger partial charge on any atom is 0.225 e. The zero-order valence-electron chi connectivity index (χ0n) is 12.0. The summed E-state index contributed by atoms with van der Waals surface area (Å²) in [5.41, 5.74) is 0.575. The number of piperidine rings is 1. The molecule has 0 radical (unpaired) electrons. The first kappa shape index (κ1) is 14.3. The molecule has 1 aromatic carbocycles. The normalized spacial score (nSPS) is 24.9. The van der Waals surface area contributed by atoms with Gasteiger partial charge in [-0.1, -0.05) is 0 Å². The Kier molecular flexibility index (Phi) is 3.80. The fraction of sp³-hybridized carbons (Fsp3) is 0.533. The maximum atomic E-state index is 14.4. The molecular formula is C15H19F2N3O. The molecule has 0 spiro atoms. The van der Waals surface area contributed by atoms with Crippen molar-refractivity contribution in [3.8, 4) is 0 Å². The van der Waals surface area contributed by atoms with Gasteiger partial charge in [-0.2, -0.15) is 0 Å². The number of anilines is 1. The SMILES string of the molecule is CNCc1cc(F)c(N2CCCC3C(=O)NCC32)c(F)c1. The fourth-order valence-electron chi connectivity index (χ4n) is 3.43. The standard InChI is InChI=1S/C15H19F2N3O/c1-18-7-9-5-11(16)14(12(17)6-9)20-4-2-3-10-13(20)8-19-15(10)21/h5-6,10,13,18H,2-4,7-8H2,1H3,(H,19,21). The summed E-state index contributed by atoms with van der Waals surface area (Å²) in [4.78, 5) is 13.5.